The second kappa shape index (κ2) is 4.29. The maximum absolute atomic E-state index is 11.3. The number of fused-ring (bicyclic) bond motifs is 1. The topological polar surface area (TPSA) is 26.3 Å². The van der Waals surface area contributed by atoms with Gasteiger partial charge in [0.1, 0.15) is 0 Å². The van der Waals surface area contributed by atoms with Gasteiger partial charge in [0, 0.05) is 26.8 Å². The first-order valence-electron chi connectivity index (χ1n) is 4.42. The van der Waals surface area contributed by atoms with E-state index in [1.54, 1.807) is 17.8 Å². The molecule has 1 aliphatic heterocycles. The van der Waals surface area contributed by atoms with E-state index in [0.29, 0.717) is 16.3 Å². The van der Waals surface area contributed by atoms with Gasteiger partial charge in [0.25, 0.3) is 0 Å². The van der Waals surface area contributed by atoms with Crippen LogP contribution >= 0.6 is 23.4 Å². The molecular weight excluding hydrogens is 232 g/mol. The van der Waals surface area contributed by atoms with Crippen LogP contribution in [0.15, 0.2) is 28.7 Å². The first-order chi connectivity index (χ1) is 7.22. The number of hydrogen-bond donors (Lipinski definition) is 0. The molecule has 2 rings (SSSR count). The molecule has 1 heterocycles. The van der Waals surface area contributed by atoms with Crippen molar-refractivity contribution < 1.29 is 9.53 Å². The van der Waals surface area contributed by atoms with Crippen molar-refractivity contribution in [1.82, 2.24) is 0 Å². The number of esters is 1. The van der Waals surface area contributed by atoms with Crippen LogP contribution in [0.25, 0.3) is 6.08 Å². The van der Waals surface area contributed by atoms with Gasteiger partial charge in [-0.3, -0.25) is 0 Å². The first-order valence-corrected chi connectivity index (χ1v) is 5.79. The Bertz CT molecular complexity index is 440. The van der Waals surface area contributed by atoms with Gasteiger partial charge in [0.15, 0.2) is 0 Å². The average molecular weight is 241 g/mol. The summed E-state index contributed by atoms with van der Waals surface area (Å²) < 4.78 is 4.68. The standard InChI is InChI=1S/C11H9ClO2S/c1-14-11(13)7-5-8-9(12)3-2-4-10(8)15-6-7/h2-5H,6H2,1H3. The zero-order chi connectivity index (χ0) is 10.8. The van der Waals surface area contributed by atoms with Crippen molar-refractivity contribution in [3.8, 4) is 0 Å². The normalized spacial score (nSPS) is 14.1. The van der Waals surface area contributed by atoms with Gasteiger partial charge in [-0.05, 0) is 18.2 Å². The molecule has 1 aromatic rings. The van der Waals surface area contributed by atoms with E-state index in [1.165, 1.54) is 7.11 Å². The molecule has 0 saturated heterocycles. The molecule has 1 aliphatic rings. The monoisotopic (exact) mass is 240 g/mol. The maximum atomic E-state index is 11.3. The fourth-order valence-corrected chi connectivity index (χ4v) is 2.70. The summed E-state index contributed by atoms with van der Waals surface area (Å²) >= 11 is 7.65. The van der Waals surface area contributed by atoms with Crippen LogP contribution < -0.4 is 0 Å². The number of carbonyl (C=O) groups excluding carboxylic acids is 1. The molecule has 1 aromatic carbocycles. The van der Waals surface area contributed by atoms with Crippen molar-refractivity contribution in [3.05, 3.63) is 34.4 Å². The molecule has 0 radical (unpaired) electrons. The number of carbonyl (C=O) groups is 1. The highest BCUT2D eigenvalue weighted by molar-refractivity contribution is 7.99. The molecule has 0 fully saturated rings. The Morgan fingerprint density at radius 3 is 3.07 bits per heavy atom. The third-order valence-corrected chi connectivity index (χ3v) is 3.61. The molecule has 4 heteroatoms. The lowest BCUT2D eigenvalue weighted by atomic mass is 10.1. The van der Waals surface area contributed by atoms with Gasteiger partial charge in [0.05, 0.1) is 7.11 Å². The Hall–Kier alpha value is -0.930. The quantitative estimate of drug-likeness (QED) is 0.706. The number of benzene rings is 1. The molecule has 0 amide bonds. The SMILES string of the molecule is COC(=O)C1=Cc2c(Cl)cccc2SC1. The van der Waals surface area contributed by atoms with Crippen molar-refractivity contribution in [2.75, 3.05) is 12.9 Å². The van der Waals surface area contributed by atoms with E-state index in [-0.39, 0.29) is 5.97 Å². The summed E-state index contributed by atoms with van der Waals surface area (Å²) in [6, 6.07) is 5.72. The van der Waals surface area contributed by atoms with Crippen molar-refractivity contribution in [3.63, 3.8) is 0 Å². The fourth-order valence-electron chi connectivity index (χ4n) is 1.40. The van der Waals surface area contributed by atoms with Crippen LogP contribution in [0.3, 0.4) is 0 Å². The summed E-state index contributed by atoms with van der Waals surface area (Å²) in [5.41, 5.74) is 1.57. The summed E-state index contributed by atoms with van der Waals surface area (Å²) in [6.45, 7) is 0. The van der Waals surface area contributed by atoms with Crippen LogP contribution in [0, 0.1) is 0 Å². The van der Waals surface area contributed by atoms with Gasteiger partial charge in [0.2, 0.25) is 0 Å². The number of rotatable bonds is 1. The molecule has 78 valence electrons. The number of hydrogen-bond acceptors (Lipinski definition) is 3. The molecule has 0 saturated carbocycles. The number of halogens is 1. The van der Waals surface area contributed by atoms with Crippen LogP contribution in [-0.2, 0) is 9.53 Å². The van der Waals surface area contributed by atoms with E-state index in [9.17, 15) is 4.79 Å². The Morgan fingerprint density at radius 1 is 1.53 bits per heavy atom. The lowest BCUT2D eigenvalue weighted by molar-refractivity contribution is -0.135. The highest BCUT2D eigenvalue weighted by Crippen LogP contribution is 2.35. The summed E-state index contributed by atoms with van der Waals surface area (Å²) in [5, 5.41) is 0.668. The number of methoxy groups -OCH3 is 1. The zero-order valence-corrected chi connectivity index (χ0v) is 9.69. The summed E-state index contributed by atoms with van der Waals surface area (Å²) in [7, 11) is 1.38. The highest BCUT2D eigenvalue weighted by Gasteiger charge is 2.18. The minimum absolute atomic E-state index is 0.284. The van der Waals surface area contributed by atoms with Crippen LogP contribution in [-0.4, -0.2) is 18.8 Å². The molecule has 0 aliphatic carbocycles. The van der Waals surface area contributed by atoms with Crippen LogP contribution in [0.2, 0.25) is 5.02 Å². The van der Waals surface area contributed by atoms with E-state index in [0.717, 1.165) is 10.5 Å². The van der Waals surface area contributed by atoms with Crippen molar-refractivity contribution in [1.29, 1.82) is 0 Å². The van der Waals surface area contributed by atoms with Crippen molar-refractivity contribution in [2.45, 2.75) is 4.90 Å². The minimum Gasteiger partial charge on any atom is -0.466 e. The van der Waals surface area contributed by atoms with E-state index in [4.69, 9.17) is 11.6 Å². The van der Waals surface area contributed by atoms with Gasteiger partial charge in [-0.1, -0.05) is 17.7 Å². The van der Waals surface area contributed by atoms with E-state index < -0.39 is 0 Å². The van der Waals surface area contributed by atoms with Crippen LogP contribution in [0.1, 0.15) is 5.56 Å². The molecular formula is C11H9ClO2S. The van der Waals surface area contributed by atoms with Crippen LogP contribution in [0.5, 0.6) is 0 Å². The lowest BCUT2D eigenvalue weighted by Gasteiger charge is -2.15. The maximum Gasteiger partial charge on any atom is 0.334 e. The van der Waals surface area contributed by atoms with Crippen molar-refractivity contribution >= 4 is 35.4 Å². The Balaban J connectivity index is 2.44. The number of thioether (sulfide) groups is 1. The van der Waals surface area contributed by atoms with Gasteiger partial charge >= 0.3 is 5.97 Å². The Labute approximate surface area is 97.3 Å². The second-order valence-corrected chi connectivity index (χ2v) is 4.53. The molecule has 0 N–H and O–H groups in total. The largest absolute Gasteiger partial charge is 0.466 e. The summed E-state index contributed by atoms with van der Waals surface area (Å²) in [5.74, 6) is 0.355. The fraction of sp³-hybridized carbons (Fsp3) is 0.182. The van der Waals surface area contributed by atoms with E-state index in [2.05, 4.69) is 4.74 Å². The Kier molecular flexibility index (Phi) is 3.03. The molecule has 15 heavy (non-hydrogen) atoms. The Morgan fingerprint density at radius 2 is 2.33 bits per heavy atom. The predicted octanol–water partition coefficient (Wildman–Crippen LogP) is 3.00. The van der Waals surface area contributed by atoms with Crippen LogP contribution in [0.4, 0.5) is 0 Å². The van der Waals surface area contributed by atoms with E-state index in [1.807, 2.05) is 18.2 Å². The smallest absolute Gasteiger partial charge is 0.334 e. The second-order valence-electron chi connectivity index (χ2n) is 3.10. The lowest BCUT2D eigenvalue weighted by Crippen LogP contribution is -2.09. The van der Waals surface area contributed by atoms with Gasteiger partial charge in [-0.2, -0.15) is 0 Å². The third-order valence-electron chi connectivity index (χ3n) is 2.16. The molecule has 0 bridgehead atoms. The van der Waals surface area contributed by atoms with Gasteiger partial charge in [-0.15, -0.1) is 11.8 Å². The minimum atomic E-state index is -0.284. The van der Waals surface area contributed by atoms with Crippen molar-refractivity contribution in [2.24, 2.45) is 0 Å². The first kappa shape index (κ1) is 10.6. The van der Waals surface area contributed by atoms with Gasteiger partial charge in [-0.25, -0.2) is 4.79 Å². The van der Waals surface area contributed by atoms with Gasteiger partial charge < -0.3 is 4.74 Å². The molecule has 0 aromatic heterocycles. The molecule has 0 spiro atoms. The average Bonchev–Trinajstić information content (AvgIpc) is 2.28. The molecule has 0 atom stereocenters. The third kappa shape index (κ3) is 2.03. The predicted molar refractivity (Wildman–Crippen MR) is 62.2 cm³/mol. The molecule has 2 nitrogen and oxygen atoms in total. The van der Waals surface area contributed by atoms with E-state index >= 15 is 0 Å². The number of ether oxygens (including phenoxy) is 1. The summed E-state index contributed by atoms with van der Waals surface area (Å²) in [4.78, 5) is 12.4. The molecule has 0 unspecified atom stereocenters. The summed E-state index contributed by atoms with van der Waals surface area (Å²) in [6.07, 6.45) is 1.81. The highest BCUT2D eigenvalue weighted by atomic mass is 35.5. The zero-order valence-electron chi connectivity index (χ0n) is 8.12.